The van der Waals surface area contributed by atoms with E-state index < -0.39 is 11.4 Å². The summed E-state index contributed by atoms with van der Waals surface area (Å²) in [7, 11) is 0. The van der Waals surface area contributed by atoms with Gasteiger partial charge in [-0.1, -0.05) is 143 Å². The number of unbranched alkanes of at least 4 members (excludes halogenated alkanes) is 15. The van der Waals surface area contributed by atoms with Crippen LogP contribution in [0.4, 0.5) is 0 Å². The monoisotopic (exact) mass is 424 g/mol. The largest absolute Gasteiger partial charge is 0.481 e. The van der Waals surface area contributed by atoms with Crippen molar-refractivity contribution in [1.82, 2.24) is 0 Å². The summed E-state index contributed by atoms with van der Waals surface area (Å²) in [4.78, 5) is 12.6. The van der Waals surface area contributed by atoms with Crippen molar-refractivity contribution in [2.45, 2.75) is 163 Å². The third-order valence-electron chi connectivity index (χ3n) is 7.31. The summed E-state index contributed by atoms with van der Waals surface area (Å²) in [5.41, 5.74) is -0.487. The topological polar surface area (TPSA) is 37.3 Å². The molecule has 0 aliphatic rings. The average molecular weight is 425 g/mol. The van der Waals surface area contributed by atoms with Gasteiger partial charge in [0.25, 0.3) is 0 Å². The fourth-order valence-electron chi connectivity index (χ4n) is 4.99. The van der Waals surface area contributed by atoms with Crippen LogP contribution in [0.15, 0.2) is 0 Å². The maximum absolute atomic E-state index is 12.6. The van der Waals surface area contributed by atoms with E-state index in [-0.39, 0.29) is 0 Å². The number of hydrogen-bond acceptors (Lipinski definition) is 1. The first-order chi connectivity index (χ1) is 14.5. The molecule has 1 N–H and O–H groups in total. The molecule has 2 nitrogen and oxygen atoms in total. The van der Waals surface area contributed by atoms with Crippen molar-refractivity contribution in [3.05, 3.63) is 0 Å². The fraction of sp³-hybridized carbons (Fsp3) is 0.964. The molecule has 180 valence electrons. The Balaban J connectivity index is 4.70. The van der Waals surface area contributed by atoms with Crippen molar-refractivity contribution >= 4 is 5.97 Å². The summed E-state index contributed by atoms with van der Waals surface area (Å²) in [5.74, 6) is -0.212. The number of carbonyl (C=O) groups is 1. The van der Waals surface area contributed by atoms with Crippen LogP contribution in [0.5, 0.6) is 0 Å². The normalized spacial score (nSPS) is 12.9. The van der Waals surface area contributed by atoms with Crippen molar-refractivity contribution < 1.29 is 9.90 Å². The molecule has 30 heavy (non-hydrogen) atoms. The van der Waals surface area contributed by atoms with E-state index in [0.29, 0.717) is 5.92 Å². The molecule has 0 aliphatic heterocycles. The molecule has 1 atom stereocenters. The van der Waals surface area contributed by atoms with E-state index >= 15 is 0 Å². The molecular formula is C28H56O2. The van der Waals surface area contributed by atoms with E-state index in [2.05, 4.69) is 27.7 Å². The Morgan fingerprint density at radius 1 is 0.600 bits per heavy atom. The molecule has 0 fully saturated rings. The predicted molar refractivity (Wildman–Crippen MR) is 133 cm³/mol. The number of carboxylic acid groups (broad SMARTS) is 1. The zero-order valence-corrected chi connectivity index (χ0v) is 21.3. The van der Waals surface area contributed by atoms with Gasteiger partial charge in [-0.2, -0.15) is 0 Å². The minimum absolute atomic E-state index is 0.299. The summed E-state index contributed by atoms with van der Waals surface area (Å²) in [6, 6.07) is 0. The second-order valence-corrected chi connectivity index (χ2v) is 9.95. The van der Waals surface area contributed by atoms with E-state index in [1.165, 1.54) is 103 Å². The zero-order valence-electron chi connectivity index (χ0n) is 21.3. The molecule has 2 heteroatoms. The third kappa shape index (κ3) is 13.7. The van der Waals surface area contributed by atoms with Crippen LogP contribution >= 0.6 is 0 Å². The first-order valence-electron chi connectivity index (χ1n) is 13.8. The van der Waals surface area contributed by atoms with Gasteiger partial charge >= 0.3 is 5.97 Å². The number of carboxylic acids is 1. The van der Waals surface area contributed by atoms with Gasteiger partial charge in [-0.05, 0) is 25.2 Å². The minimum atomic E-state index is -0.511. The Morgan fingerprint density at radius 3 is 1.30 bits per heavy atom. The lowest BCUT2D eigenvalue weighted by Crippen LogP contribution is -2.38. The molecule has 1 unspecified atom stereocenters. The highest BCUT2D eigenvalue weighted by atomic mass is 16.4. The van der Waals surface area contributed by atoms with Crippen LogP contribution in [0.2, 0.25) is 0 Å². The summed E-state index contributed by atoms with van der Waals surface area (Å²) in [6.45, 7) is 9.00. The van der Waals surface area contributed by atoms with Crippen molar-refractivity contribution in [2.75, 3.05) is 0 Å². The van der Waals surface area contributed by atoms with Gasteiger partial charge in [0, 0.05) is 0 Å². The zero-order chi connectivity index (χ0) is 22.5. The van der Waals surface area contributed by atoms with Gasteiger partial charge in [0.1, 0.15) is 0 Å². The van der Waals surface area contributed by atoms with Crippen LogP contribution in [0, 0.1) is 11.3 Å². The molecule has 0 aromatic carbocycles. The molecule has 0 aliphatic carbocycles. The lowest BCUT2D eigenvalue weighted by atomic mass is 9.67. The highest BCUT2D eigenvalue weighted by Gasteiger charge is 2.42. The second kappa shape index (κ2) is 20.4. The summed E-state index contributed by atoms with van der Waals surface area (Å²) < 4.78 is 0. The Morgan fingerprint density at radius 2 is 0.933 bits per heavy atom. The van der Waals surface area contributed by atoms with Gasteiger partial charge < -0.3 is 5.11 Å². The molecule has 0 radical (unpaired) electrons. The third-order valence-corrected chi connectivity index (χ3v) is 7.31. The minimum Gasteiger partial charge on any atom is -0.481 e. The SMILES string of the molecule is CCCCCCCCC(C)C(CCCCCCCC)(CCCCCCCC)C(=O)O. The van der Waals surface area contributed by atoms with Crippen LogP contribution in [-0.2, 0) is 4.79 Å². The molecule has 0 bridgehead atoms. The molecule has 0 aromatic heterocycles. The van der Waals surface area contributed by atoms with E-state index in [1.54, 1.807) is 0 Å². The lowest BCUT2D eigenvalue weighted by molar-refractivity contribution is -0.154. The maximum atomic E-state index is 12.6. The maximum Gasteiger partial charge on any atom is 0.309 e. The van der Waals surface area contributed by atoms with Crippen molar-refractivity contribution in [3.63, 3.8) is 0 Å². The van der Waals surface area contributed by atoms with Gasteiger partial charge in [0.05, 0.1) is 5.41 Å². The number of rotatable bonds is 23. The highest BCUT2D eigenvalue weighted by Crippen LogP contribution is 2.42. The van der Waals surface area contributed by atoms with E-state index in [1.807, 2.05) is 0 Å². The average Bonchev–Trinajstić information content (AvgIpc) is 2.73. The summed E-state index contributed by atoms with van der Waals surface area (Å²) >= 11 is 0. The fourth-order valence-corrected chi connectivity index (χ4v) is 4.99. The van der Waals surface area contributed by atoms with Crippen LogP contribution in [0.25, 0.3) is 0 Å². The van der Waals surface area contributed by atoms with Crippen LogP contribution in [0.3, 0.4) is 0 Å². The molecule has 0 amide bonds. The van der Waals surface area contributed by atoms with Crippen molar-refractivity contribution in [3.8, 4) is 0 Å². The highest BCUT2D eigenvalue weighted by molar-refractivity contribution is 5.75. The van der Waals surface area contributed by atoms with Gasteiger partial charge in [-0.3, -0.25) is 4.79 Å². The predicted octanol–water partition coefficient (Wildman–Crippen LogP) is 9.95. The molecule has 0 saturated heterocycles. The molecule has 0 heterocycles. The number of hydrogen-bond donors (Lipinski definition) is 1. The van der Waals surface area contributed by atoms with Crippen LogP contribution in [0.1, 0.15) is 163 Å². The van der Waals surface area contributed by atoms with Crippen molar-refractivity contribution in [2.24, 2.45) is 11.3 Å². The first-order valence-corrected chi connectivity index (χ1v) is 13.8. The Bertz CT molecular complexity index is 361. The molecule has 0 saturated carbocycles. The van der Waals surface area contributed by atoms with Crippen molar-refractivity contribution in [1.29, 1.82) is 0 Å². The van der Waals surface area contributed by atoms with E-state index in [9.17, 15) is 9.90 Å². The van der Waals surface area contributed by atoms with Crippen LogP contribution < -0.4 is 0 Å². The lowest BCUT2D eigenvalue weighted by Gasteiger charge is -2.36. The quantitative estimate of drug-likeness (QED) is 0.166. The number of aliphatic carboxylic acids is 1. The molecule has 0 aromatic rings. The first kappa shape index (κ1) is 29.5. The Kier molecular flexibility index (Phi) is 20.0. The van der Waals surface area contributed by atoms with E-state index in [0.717, 1.165) is 32.1 Å². The molecular weight excluding hydrogens is 368 g/mol. The smallest absolute Gasteiger partial charge is 0.309 e. The standard InChI is InChI=1S/C28H56O2/c1-5-8-11-14-17-20-23-26(4)28(27(29)30,24-21-18-15-12-9-6-2)25-22-19-16-13-10-7-3/h26H,5-25H2,1-4H3,(H,29,30). The summed E-state index contributed by atoms with van der Waals surface area (Å²) in [5, 5.41) is 10.3. The van der Waals surface area contributed by atoms with Gasteiger partial charge in [0.2, 0.25) is 0 Å². The van der Waals surface area contributed by atoms with E-state index in [4.69, 9.17) is 0 Å². The van der Waals surface area contributed by atoms with Crippen LogP contribution in [-0.4, -0.2) is 11.1 Å². The Hall–Kier alpha value is -0.530. The molecule has 0 rings (SSSR count). The van der Waals surface area contributed by atoms with Gasteiger partial charge in [-0.15, -0.1) is 0 Å². The van der Waals surface area contributed by atoms with Gasteiger partial charge in [0.15, 0.2) is 0 Å². The second-order valence-electron chi connectivity index (χ2n) is 9.95. The van der Waals surface area contributed by atoms with Gasteiger partial charge in [-0.25, -0.2) is 0 Å². The Labute approximate surface area is 190 Å². The molecule has 0 spiro atoms. The summed E-state index contributed by atoms with van der Waals surface area (Å²) in [6.07, 6.45) is 25.5.